The normalized spacial score (nSPS) is 18.1. The molecule has 0 saturated carbocycles. The molecule has 1 aliphatic heterocycles. The number of benzene rings is 1. The van der Waals surface area contributed by atoms with Crippen LogP contribution in [0.1, 0.15) is 27.2 Å². The molecule has 1 unspecified atom stereocenters. The molecule has 0 bridgehead atoms. The highest BCUT2D eigenvalue weighted by atomic mass is 32.1. The van der Waals surface area contributed by atoms with Crippen LogP contribution in [0.3, 0.4) is 0 Å². The van der Waals surface area contributed by atoms with Gasteiger partial charge in [-0.25, -0.2) is 4.98 Å². The number of amides is 1. The number of hydrogen-bond acceptors (Lipinski definition) is 4. The molecule has 0 aliphatic carbocycles. The Bertz CT molecular complexity index is 713. The first-order valence-corrected chi connectivity index (χ1v) is 7.38. The Morgan fingerprint density at radius 1 is 1.36 bits per heavy atom. The van der Waals surface area contributed by atoms with Gasteiger partial charge in [-0.2, -0.15) is 13.2 Å². The van der Waals surface area contributed by atoms with E-state index in [1.54, 1.807) is 30.5 Å². The summed E-state index contributed by atoms with van der Waals surface area (Å²) in [6.45, 7) is 0.440. The molecule has 0 spiro atoms. The van der Waals surface area contributed by atoms with Gasteiger partial charge in [0.1, 0.15) is 12.7 Å². The molecule has 0 saturated heterocycles. The first-order chi connectivity index (χ1) is 10.3. The molecule has 116 valence electrons. The SMILES string of the molecule is Cc1nc(C2Nc3ccccc3C(=O)N2CC(F)(F)F)cs1. The molecular formula is C14H12F3N3OS. The quantitative estimate of drug-likeness (QED) is 0.917. The van der Waals surface area contributed by atoms with Gasteiger partial charge in [-0.1, -0.05) is 12.1 Å². The third kappa shape index (κ3) is 2.78. The fraction of sp³-hybridized carbons (Fsp3) is 0.286. The molecular weight excluding hydrogens is 315 g/mol. The smallest absolute Gasteiger partial charge is 0.359 e. The van der Waals surface area contributed by atoms with E-state index in [2.05, 4.69) is 10.3 Å². The molecule has 4 nitrogen and oxygen atoms in total. The number of aryl methyl sites for hydroxylation is 1. The lowest BCUT2D eigenvalue weighted by Gasteiger charge is -2.37. The molecule has 22 heavy (non-hydrogen) atoms. The zero-order valence-corrected chi connectivity index (χ0v) is 12.3. The number of para-hydroxylation sites is 1. The number of aromatic nitrogens is 1. The summed E-state index contributed by atoms with van der Waals surface area (Å²) >= 11 is 1.33. The number of rotatable bonds is 2. The van der Waals surface area contributed by atoms with E-state index < -0.39 is 24.8 Å². The van der Waals surface area contributed by atoms with Crippen molar-refractivity contribution in [3.8, 4) is 0 Å². The highest BCUT2D eigenvalue weighted by Gasteiger charge is 2.41. The van der Waals surface area contributed by atoms with Gasteiger partial charge in [0.25, 0.3) is 5.91 Å². The number of anilines is 1. The fourth-order valence-electron chi connectivity index (χ4n) is 2.39. The van der Waals surface area contributed by atoms with Crippen LogP contribution in [0, 0.1) is 6.92 Å². The molecule has 1 atom stereocenters. The first-order valence-electron chi connectivity index (χ1n) is 6.50. The summed E-state index contributed by atoms with van der Waals surface area (Å²) in [4.78, 5) is 17.4. The number of hydrogen-bond donors (Lipinski definition) is 1. The molecule has 1 aromatic heterocycles. The van der Waals surface area contributed by atoms with Crippen LogP contribution in [0.4, 0.5) is 18.9 Å². The second kappa shape index (κ2) is 5.28. The van der Waals surface area contributed by atoms with Crippen molar-refractivity contribution < 1.29 is 18.0 Å². The van der Waals surface area contributed by atoms with Crippen molar-refractivity contribution in [1.29, 1.82) is 0 Å². The molecule has 1 amide bonds. The van der Waals surface area contributed by atoms with Crippen LogP contribution in [0.2, 0.25) is 0 Å². The average Bonchev–Trinajstić information content (AvgIpc) is 2.87. The summed E-state index contributed by atoms with van der Waals surface area (Å²) in [5, 5.41) is 5.37. The molecule has 1 N–H and O–H groups in total. The van der Waals surface area contributed by atoms with E-state index in [0.717, 1.165) is 9.91 Å². The molecule has 1 aromatic carbocycles. The molecule has 3 rings (SSSR count). The Labute approximate surface area is 128 Å². The standard InChI is InChI=1S/C14H12F3N3OS/c1-8-18-11(6-22-8)12-19-10-5-3-2-4-9(10)13(21)20(12)7-14(15,16)17/h2-6,12,19H,7H2,1H3. The minimum Gasteiger partial charge on any atom is -0.359 e. The predicted molar refractivity (Wildman–Crippen MR) is 76.7 cm³/mol. The second-order valence-corrected chi connectivity index (χ2v) is 5.99. The van der Waals surface area contributed by atoms with E-state index in [-0.39, 0.29) is 5.56 Å². The lowest BCUT2D eigenvalue weighted by molar-refractivity contribution is -0.144. The molecule has 0 fully saturated rings. The van der Waals surface area contributed by atoms with Gasteiger partial charge in [-0.05, 0) is 19.1 Å². The Morgan fingerprint density at radius 2 is 2.09 bits per heavy atom. The minimum atomic E-state index is -4.48. The van der Waals surface area contributed by atoms with E-state index in [1.807, 2.05) is 0 Å². The maximum atomic E-state index is 12.8. The van der Waals surface area contributed by atoms with Gasteiger partial charge in [-0.15, -0.1) is 11.3 Å². The van der Waals surface area contributed by atoms with Gasteiger partial charge in [0, 0.05) is 11.1 Å². The Balaban J connectivity index is 2.04. The lowest BCUT2D eigenvalue weighted by Crippen LogP contribution is -2.47. The van der Waals surface area contributed by atoms with Crippen molar-refractivity contribution in [3.63, 3.8) is 0 Å². The maximum Gasteiger partial charge on any atom is 0.406 e. The van der Waals surface area contributed by atoms with Gasteiger partial charge in [0.05, 0.1) is 16.3 Å². The van der Waals surface area contributed by atoms with E-state index in [9.17, 15) is 18.0 Å². The van der Waals surface area contributed by atoms with Crippen molar-refractivity contribution >= 4 is 22.9 Å². The average molecular weight is 327 g/mol. The van der Waals surface area contributed by atoms with Gasteiger partial charge in [0.2, 0.25) is 0 Å². The topological polar surface area (TPSA) is 45.2 Å². The highest BCUT2D eigenvalue weighted by Crippen LogP contribution is 2.35. The predicted octanol–water partition coefficient (Wildman–Crippen LogP) is 3.58. The van der Waals surface area contributed by atoms with E-state index in [0.29, 0.717) is 11.4 Å². The number of fused-ring (bicyclic) bond motifs is 1. The van der Waals surface area contributed by atoms with Crippen LogP contribution < -0.4 is 5.32 Å². The summed E-state index contributed by atoms with van der Waals surface area (Å²) in [7, 11) is 0. The summed E-state index contributed by atoms with van der Waals surface area (Å²) in [6, 6.07) is 6.53. The maximum absolute atomic E-state index is 12.8. The molecule has 8 heteroatoms. The largest absolute Gasteiger partial charge is 0.406 e. The fourth-order valence-corrected chi connectivity index (χ4v) is 3.02. The van der Waals surface area contributed by atoms with E-state index in [4.69, 9.17) is 0 Å². The van der Waals surface area contributed by atoms with Crippen LogP contribution in [0.5, 0.6) is 0 Å². The number of nitrogens with one attached hydrogen (secondary N) is 1. The summed E-state index contributed by atoms with van der Waals surface area (Å²) in [6.07, 6.45) is -5.40. The lowest BCUT2D eigenvalue weighted by atomic mass is 10.1. The number of alkyl halides is 3. The van der Waals surface area contributed by atoms with Crippen molar-refractivity contribution in [2.24, 2.45) is 0 Å². The third-order valence-electron chi connectivity index (χ3n) is 3.29. The van der Waals surface area contributed by atoms with Crippen molar-refractivity contribution in [3.05, 3.63) is 45.9 Å². The Hall–Kier alpha value is -2.09. The highest BCUT2D eigenvalue weighted by molar-refractivity contribution is 7.09. The van der Waals surface area contributed by atoms with Crippen LogP contribution in [0.25, 0.3) is 0 Å². The molecule has 0 radical (unpaired) electrons. The third-order valence-corrected chi connectivity index (χ3v) is 4.08. The minimum absolute atomic E-state index is 0.231. The van der Waals surface area contributed by atoms with Gasteiger partial charge < -0.3 is 10.2 Å². The number of carbonyl (C=O) groups is 1. The zero-order valence-electron chi connectivity index (χ0n) is 11.5. The van der Waals surface area contributed by atoms with Crippen LogP contribution in [-0.2, 0) is 0 Å². The summed E-state index contributed by atoms with van der Waals surface area (Å²) in [5.41, 5.74) is 1.16. The van der Waals surface area contributed by atoms with Crippen molar-refractivity contribution in [2.45, 2.75) is 19.3 Å². The number of thiazole rings is 1. The first kappa shape index (κ1) is 14.8. The number of nitrogens with zero attached hydrogens (tertiary/aromatic N) is 2. The monoisotopic (exact) mass is 327 g/mol. The Kier molecular flexibility index (Phi) is 3.56. The molecule has 2 heterocycles. The second-order valence-electron chi connectivity index (χ2n) is 4.93. The van der Waals surface area contributed by atoms with Crippen molar-refractivity contribution in [2.75, 3.05) is 11.9 Å². The van der Waals surface area contributed by atoms with E-state index >= 15 is 0 Å². The van der Waals surface area contributed by atoms with Gasteiger partial charge >= 0.3 is 6.18 Å². The van der Waals surface area contributed by atoms with Crippen LogP contribution in [0.15, 0.2) is 29.6 Å². The van der Waals surface area contributed by atoms with Crippen LogP contribution >= 0.6 is 11.3 Å². The summed E-state index contributed by atoms with van der Waals surface area (Å²) < 4.78 is 38.5. The Morgan fingerprint density at radius 3 is 2.73 bits per heavy atom. The number of carbonyl (C=O) groups excluding carboxylic acids is 1. The van der Waals surface area contributed by atoms with Crippen molar-refractivity contribution in [1.82, 2.24) is 9.88 Å². The summed E-state index contributed by atoms with van der Waals surface area (Å²) in [5.74, 6) is -0.651. The molecule has 2 aromatic rings. The van der Waals surface area contributed by atoms with Crippen LogP contribution in [-0.4, -0.2) is 28.5 Å². The molecule has 1 aliphatic rings. The number of halogens is 3. The van der Waals surface area contributed by atoms with Gasteiger partial charge in [0.15, 0.2) is 0 Å². The van der Waals surface area contributed by atoms with E-state index in [1.165, 1.54) is 17.4 Å². The van der Waals surface area contributed by atoms with Gasteiger partial charge in [-0.3, -0.25) is 4.79 Å². The zero-order chi connectivity index (χ0) is 15.9.